The molecular formula is C19H18N2O3S. The molecule has 0 saturated carbocycles. The van der Waals surface area contributed by atoms with Crippen molar-refractivity contribution in [1.29, 1.82) is 0 Å². The zero-order chi connectivity index (χ0) is 18.0. The summed E-state index contributed by atoms with van der Waals surface area (Å²) in [5, 5.41) is 4.67. The van der Waals surface area contributed by atoms with E-state index >= 15 is 0 Å². The maximum atomic E-state index is 12.6. The highest BCUT2D eigenvalue weighted by Gasteiger charge is 2.17. The van der Waals surface area contributed by atoms with Crippen molar-refractivity contribution in [2.75, 3.05) is 19.4 Å². The van der Waals surface area contributed by atoms with Crippen LogP contribution in [-0.2, 0) is 10.0 Å². The number of hydrogen-bond acceptors (Lipinski definition) is 3. The molecule has 0 fully saturated rings. The first-order valence-corrected chi connectivity index (χ1v) is 9.15. The maximum absolute atomic E-state index is 12.6. The van der Waals surface area contributed by atoms with Gasteiger partial charge in [-0.25, -0.2) is 12.7 Å². The van der Waals surface area contributed by atoms with Gasteiger partial charge in [-0.3, -0.25) is 4.79 Å². The SMILES string of the molecule is CN(C)S(=O)(=O)c1ccc(NC(=O)c2cccc3ccccc23)cc1. The van der Waals surface area contributed by atoms with Crippen LogP contribution in [0.5, 0.6) is 0 Å². The normalized spacial score (nSPS) is 11.6. The number of nitrogens with zero attached hydrogens (tertiary/aromatic N) is 1. The molecule has 0 spiro atoms. The third kappa shape index (κ3) is 3.40. The lowest BCUT2D eigenvalue weighted by Gasteiger charge is -2.12. The third-order valence-electron chi connectivity index (χ3n) is 3.93. The van der Waals surface area contributed by atoms with Crippen LogP contribution in [0.3, 0.4) is 0 Å². The molecule has 0 aliphatic rings. The average molecular weight is 354 g/mol. The molecule has 0 unspecified atom stereocenters. The van der Waals surface area contributed by atoms with Crippen molar-refractivity contribution < 1.29 is 13.2 Å². The van der Waals surface area contributed by atoms with E-state index in [4.69, 9.17) is 0 Å². The molecule has 6 heteroatoms. The summed E-state index contributed by atoms with van der Waals surface area (Å²) < 4.78 is 25.3. The number of rotatable bonds is 4. The van der Waals surface area contributed by atoms with Gasteiger partial charge in [0.05, 0.1) is 4.90 Å². The van der Waals surface area contributed by atoms with Gasteiger partial charge in [0, 0.05) is 25.3 Å². The Bertz CT molecular complexity index is 1020. The van der Waals surface area contributed by atoms with Gasteiger partial charge in [0.2, 0.25) is 10.0 Å². The summed E-state index contributed by atoms with van der Waals surface area (Å²) in [6.45, 7) is 0. The highest BCUT2D eigenvalue weighted by Crippen LogP contribution is 2.21. The van der Waals surface area contributed by atoms with Crippen LogP contribution in [0.4, 0.5) is 5.69 Å². The zero-order valence-corrected chi connectivity index (χ0v) is 14.7. The number of amides is 1. The van der Waals surface area contributed by atoms with E-state index in [0.29, 0.717) is 11.3 Å². The molecule has 0 saturated heterocycles. The molecule has 0 heterocycles. The molecule has 3 rings (SSSR count). The predicted molar refractivity (Wildman–Crippen MR) is 99.2 cm³/mol. The highest BCUT2D eigenvalue weighted by atomic mass is 32.2. The molecule has 1 N–H and O–H groups in total. The molecule has 3 aromatic carbocycles. The van der Waals surface area contributed by atoms with Gasteiger partial charge in [0.25, 0.3) is 5.91 Å². The standard InChI is InChI=1S/C19H18N2O3S/c1-21(2)25(23,24)16-12-10-15(11-13-16)20-19(22)18-9-5-7-14-6-3-4-8-17(14)18/h3-13H,1-2H3,(H,20,22). The molecule has 0 atom stereocenters. The lowest BCUT2D eigenvalue weighted by atomic mass is 10.0. The van der Waals surface area contributed by atoms with E-state index < -0.39 is 10.0 Å². The molecule has 3 aromatic rings. The molecule has 1 amide bonds. The Labute approximate surface area is 146 Å². The molecule has 0 radical (unpaired) electrons. The van der Waals surface area contributed by atoms with Gasteiger partial charge in [-0.1, -0.05) is 36.4 Å². The molecule has 5 nitrogen and oxygen atoms in total. The third-order valence-corrected chi connectivity index (χ3v) is 5.75. The smallest absolute Gasteiger partial charge is 0.256 e. The molecular weight excluding hydrogens is 336 g/mol. The number of nitrogens with one attached hydrogen (secondary N) is 1. The lowest BCUT2D eigenvalue weighted by Crippen LogP contribution is -2.22. The largest absolute Gasteiger partial charge is 0.322 e. The number of carbonyl (C=O) groups excluding carboxylic acids is 1. The molecule has 0 aliphatic carbocycles. The van der Waals surface area contributed by atoms with Crippen molar-refractivity contribution in [3.05, 3.63) is 72.3 Å². The molecule has 0 aromatic heterocycles. The second kappa shape index (κ2) is 6.66. The van der Waals surface area contributed by atoms with Crippen LogP contribution in [0.2, 0.25) is 0 Å². The van der Waals surface area contributed by atoms with Crippen LogP contribution in [0.25, 0.3) is 10.8 Å². The summed E-state index contributed by atoms with van der Waals surface area (Å²) in [5.41, 5.74) is 1.11. The minimum atomic E-state index is -3.48. The predicted octanol–water partition coefficient (Wildman–Crippen LogP) is 3.34. The Kier molecular flexibility index (Phi) is 4.57. The van der Waals surface area contributed by atoms with Gasteiger partial charge < -0.3 is 5.32 Å². The summed E-state index contributed by atoms with van der Waals surface area (Å²) in [6.07, 6.45) is 0. The summed E-state index contributed by atoms with van der Waals surface area (Å²) >= 11 is 0. The van der Waals surface area contributed by atoms with Gasteiger partial charge >= 0.3 is 0 Å². The zero-order valence-electron chi connectivity index (χ0n) is 13.9. The van der Waals surface area contributed by atoms with E-state index in [1.165, 1.54) is 26.2 Å². The first kappa shape index (κ1) is 17.1. The topological polar surface area (TPSA) is 66.5 Å². The number of benzene rings is 3. The van der Waals surface area contributed by atoms with E-state index in [1.54, 1.807) is 18.2 Å². The van der Waals surface area contributed by atoms with Crippen LogP contribution in [-0.4, -0.2) is 32.7 Å². The molecule has 0 aliphatic heterocycles. The van der Waals surface area contributed by atoms with E-state index in [-0.39, 0.29) is 10.8 Å². The van der Waals surface area contributed by atoms with Gasteiger partial charge in [-0.2, -0.15) is 0 Å². The summed E-state index contributed by atoms with van der Waals surface area (Å²) in [5.74, 6) is -0.236. The maximum Gasteiger partial charge on any atom is 0.256 e. The Morgan fingerprint density at radius 1 is 0.880 bits per heavy atom. The Morgan fingerprint density at radius 3 is 2.20 bits per heavy atom. The van der Waals surface area contributed by atoms with Crippen LogP contribution < -0.4 is 5.32 Å². The van der Waals surface area contributed by atoms with Crippen molar-refractivity contribution in [2.45, 2.75) is 4.90 Å². The molecule has 25 heavy (non-hydrogen) atoms. The molecule has 128 valence electrons. The minimum Gasteiger partial charge on any atom is -0.322 e. The lowest BCUT2D eigenvalue weighted by molar-refractivity contribution is 0.102. The highest BCUT2D eigenvalue weighted by molar-refractivity contribution is 7.89. The van der Waals surface area contributed by atoms with Gasteiger partial charge in [-0.15, -0.1) is 0 Å². The number of carbonyl (C=O) groups is 1. The Balaban J connectivity index is 1.86. The first-order chi connectivity index (χ1) is 11.9. The molecule has 0 bridgehead atoms. The average Bonchev–Trinajstić information content (AvgIpc) is 2.61. The van der Waals surface area contributed by atoms with E-state index in [2.05, 4.69) is 5.32 Å². The van der Waals surface area contributed by atoms with Crippen molar-refractivity contribution in [1.82, 2.24) is 4.31 Å². The van der Waals surface area contributed by atoms with Crippen molar-refractivity contribution in [2.24, 2.45) is 0 Å². The van der Waals surface area contributed by atoms with Crippen LogP contribution in [0.15, 0.2) is 71.6 Å². The number of sulfonamides is 1. The van der Waals surface area contributed by atoms with Crippen LogP contribution in [0.1, 0.15) is 10.4 Å². The van der Waals surface area contributed by atoms with Crippen molar-refractivity contribution in [3.63, 3.8) is 0 Å². The van der Waals surface area contributed by atoms with Gasteiger partial charge in [0.15, 0.2) is 0 Å². The summed E-state index contributed by atoms with van der Waals surface area (Å²) in [4.78, 5) is 12.8. The fourth-order valence-electron chi connectivity index (χ4n) is 2.54. The summed E-state index contributed by atoms with van der Waals surface area (Å²) in [7, 11) is -0.527. The van der Waals surface area contributed by atoms with E-state index in [1.807, 2.05) is 36.4 Å². The quantitative estimate of drug-likeness (QED) is 0.781. The van der Waals surface area contributed by atoms with Crippen LogP contribution in [0, 0.1) is 0 Å². The fraction of sp³-hybridized carbons (Fsp3) is 0.105. The van der Waals surface area contributed by atoms with E-state index in [9.17, 15) is 13.2 Å². The van der Waals surface area contributed by atoms with Crippen LogP contribution >= 0.6 is 0 Å². The number of hydrogen-bond donors (Lipinski definition) is 1. The van der Waals surface area contributed by atoms with Crippen molar-refractivity contribution in [3.8, 4) is 0 Å². The number of anilines is 1. The second-order valence-corrected chi connectivity index (χ2v) is 7.94. The monoisotopic (exact) mass is 354 g/mol. The Morgan fingerprint density at radius 2 is 1.52 bits per heavy atom. The van der Waals surface area contributed by atoms with Gasteiger partial charge in [0.1, 0.15) is 0 Å². The first-order valence-electron chi connectivity index (χ1n) is 7.71. The fourth-order valence-corrected chi connectivity index (χ4v) is 3.44. The Hall–Kier alpha value is -2.70. The second-order valence-electron chi connectivity index (χ2n) is 5.79. The van der Waals surface area contributed by atoms with Gasteiger partial charge in [-0.05, 0) is 41.1 Å². The summed E-state index contributed by atoms with van der Waals surface area (Å²) in [6, 6.07) is 19.3. The van der Waals surface area contributed by atoms with E-state index in [0.717, 1.165) is 15.1 Å². The minimum absolute atomic E-state index is 0.181. The van der Waals surface area contributed by atoms with Crippen molar-refractivity contribution >= 4 is 32.4 Å². The number of fused-ring (bicyclic) bond motifs is 1.